The highest BCUT2D eigenvalue weighted by atomic mass is 32.2. The smallest absolute Gasteiger partial charge is 0.213 e. The molecule has 160 valence electrons. The number of imidazole rings is 1. The van der Waals surface area contributed by atoms with Crippen molar-refractivity contribution in [2.45, 2.75) is 39.2 Å². The summed E-state index contributed by atoms with van der Waals surface area (Å²) >= 11 is 0. The molecular formula is C20H32N6O2S. The lowest BCUT2D eigenvalue weighted by atomic mass is 9.86. The van der Waals surface area contributed by atoms with Gasteiger partial charge in [-0.15, -0.1) is 0 Å². The van der Waals surface area contributed by atoms with Gasteiger partial charge in [-0.1, -0.05) is 18.6 Å². The Kier molecular flexibility index (Phi) is 7.49. The second kappa shape index (κ2) is 10.1. The van der Waals surface area contributed by atoms with Crippen LogP contribution in [0.15, 0.2) is 29.3 Å². The molecule has 0 radical (unpaired) electrons. The van der Waals surface area contributed by atoms with Gasteiger partial charge >= 0.3 is 0 Å². The number of aliphatic imine (C=N–C) groups is 1. The summed E-state index contributed by atoms with van der Waals surface area (Å²) in [6, 6.07) is 8.14. The summed E-state index contributed by atoms with van der Waals surface area (Å²) in [4.78, 5) is 8.75. The molecule has 1 aromatic heterocycles. The number of benzene rings is 1. The van der Waals surface area contributed by atoms with E-state index in [1.54, 1.807) is 7.05 Å². The summed E-state index contributed by atoms with van der Waals surface area (Å²) in [5.41, 5.74) is 2.16. The zero-order valence-corrected chi connectivity index (χ0v) is 18.1. The molecule has 3 N–H and O–H groups in total. The lowest BCUT2D eigenvalue weighted by Gasteiger charge is -2.25. The lowest BCUT2D eigenvalue weighted by Crippen LogP contribution is -2.42. The Morgan fingerprint density at radius 3 is 2.72 bits per heavy atom. The maximum absolute atomic E-state index is 12.1. The quantitative estimate of drug-likeness (QED) is 0.308. The van der Waals surface area contributed by atoms with Crippen molar-refractivity contribution >= 4 is 27.0 Å². The number of para-hydroxylation sites is 2. The minimum absolute atomic E-state index is 0.0423. The van der Waals surface area contributed by atoms with E-state index in [1.165, 1.54) is 6.42 Å². The van der Waals surface area contributed by atoms with E-state index in [0.29, 0.717) is 25.0 Å². The topological polar surface area (TPSA) is 100 Å². The van der Waals surface area contributed by atoms with Crippen LogP contribution in [-0.4, -0.2) is 56.4 Å². The summed E-state index contributed by atoms with van der Waals surface area (Å²) in [6.45, 7) is 4.50. The van der Waals surface area contributed by atoms with Gasteiger partial charge in [0.25, 0.3) is 0 Å². The first-order valence-corrected chi connectivity index (χ1v) is 12.0. The highest BCUT2D eigenvalue weighted by Gasteiger charge is 2.20. The van der Waals surface area contributed by atoms with Gasteiger partial charge in [0, 0.05) is 33.2 Å². The van der Waals surface area contributed by atoms with Crippen LogP contribution in [0.3, 0.4) is 0 Å². The second-order valence-corrected chi connectivity index (χ2v) is 9.47. The third kappa shape index (κ3) is 6.17. The van der Waals surface area contributed by atoms with E-state index in [4.69, 9.17) is 0 Å². The number of nitrogens with zero attached hydrogens (tertiary/aromatic N) is 3. The van der Waals surface area contributed by atoms with Crippen LogP contribution >= 0.6 is 0 Å². The molecule has 0 saturated heterocycles. The van der Waals surface area contributed by atoms with Gasteiger partial charge in [0.1, 0.15) is 5.82 Å². The van der Waals surface area contributed by atoms with Crippen molar-refractivity contribution in [3.05, 3.63) is 30.1 Å². The Labute approximate surface area is 173 Å². The van der Waals surface area contributed by atoms with E-state index in [-0.39, 0.29) is 5.75 Å². The largest absolute Gasteiger partial charge is 0.356 e. The number of sulfonamides is 1. The fourth-order valence-corrected chi connectivity index (χ4v) is 4.47. The first kappa shape index (κ1) is 21.6. The molecule has 1 fully saturated rings. The van der Waals surface area contributed by atoms with Crippen LogP contribution in [0.25, 0.3) is 11.0 Å². The van der Waals surface area contributed by atoms with Gasteiger partial charge in [-0.05, 0) is 44.2 Å². The van der Waals surface area contributed by atoms with E-state index in [2.05, 4.69) is 36.0 Å². The minimum Gasteiger partial charge on any atom is -0.356 e. The number of fused-ring (bicyclic) bond motifs is 1. The molecule has 1 aliphatic rings. The fraction of sp³-hybridized carbons (Fsp3) is 0.600. The van der Waals surface area contributed by atoms with Gasteiger partial charge in [-0.25, -0.2) is 18.1 Å². The Morgan fingerprint density at radius 2 is 2.00 bits per heavy atom. The second-order valence-electron chi connectivity index (χ2n) is 7.54. The van der Waals surface area contributed by atoms with Crippen molar-refractivity contribution in [3.8, 4) is 0 Å². The van der Waals surface area contributed by atoms with Crippen molar-refractivity contribution in [3.63, 3.8) is 0 Å². The average molecular weight is 421 g/mol. The molecule has 0 bridgehead atoms. The Bertz CT molecular complexity index is 934. The maximum Gasteiger partial charge on any atom is 0.213 e. The molecule has 0 atom stereocenters. The predicted molar refractivity (Wildman–Crippen MR) is 118 cm³/mol. The molecule has 2 aromatic rings. The number of nitrogens with one attached hydrogen (secondary N) is 3. The molecule has 1 aromatic carbocycles. The van der Waals surface area contributed by atoms with E-state index < -0.39 is 10.0 Å². The fourth-order valence-electron chi connectivity index (χ4n) is 3.46. The molecular weight excluding hydrogens is 388 g/mol. The summed E-state index contributed by atoms with van der Waals surface area (Å²) in [5.74, 6) is 2.18. The normalized spacial score (nSPS) is 15.4. The van der Waals surface area contributed by atoms with Crippen LogP contribution < -0.4 is 15.4 Å². The van der Waals surface area contributed by atoms with Crippen LogP contribution in [0.5, 0.6) is 0 Å². The van der Waals surface area contributed by atoms with Gasteiger partial charge in [0.15, 0.2) is 5.96 Å². The number of hydrogen-bond donors (Lipinski definition) is 3. The zero-order valence-electron chi connectivity index (χ0n) is 17.3. The first-order chi connectivity index (χ1) is 14.0. The number of guanidine groups is 1. The molecule has 0 aliphatic heterocycles. The predicted octanol–water partition coefficient (Wildman–Crippen LogP) is 1.62. The van der Waals surface area contributed by atoms with Gasteiger partial charge in [-0.2, -0.15) is 0 Å². The van der Waals surface area contributed by atoms with Gasteiger partial charge in [-0.3, -0.25) is 4.99 Å². The van der Waals surface area contributed by atoms with Crippen molar-refractivity contribution in [2.24, 2.45) is 10.9 Å². The number of aryl methyl sites for hydroxylation is 2. The third-order valence-corrected chi connectivity index (χ3v) is 6.75. The third-order valence-electron chi connectivity index (χ3n) is 5.40. The Balaban J connectivity index is 1.36. The Hall–Kier alpha value is -2.13. The highest BCUT2D eigenvalue weighted by Crippen LogP contribution is 2.25. The van der Waals surface area contributed by atoms with Gasteiger partial charge < -0.3 is 15.2 Å². The number of hydrogen-bond acceptors (Lipinski definition) is 4. The van der Waals surface area contributed by atoms with Crippen LogP contribution in [0.4, 0.5) is 0 Å². The molecule has 0 unspecified atom stereocenters. The molecule has 1 saturated carbocycles. The molecule has 1 aliphatic carbocycles. The van der Waals surface area contributed by atoms with Gasteiger partial charge in [0.05, 0.1) is 16.8 Å². The maximum atomic E-state index is 12.1. The van der Waals surface area contributed by atoms with Crippen molar-refractivity contribution in [2.75, 3.05) is 32.4 Å². The van der Waals surface area contributed by atoms with E-state index in [9.17, 15) is 8.42 Å². The molecule has 0 amide bonds. The lowest BCUT2D eigenvalue weighted by molar-refractivity contribution is 0.316. The molecule has 0 spiro atoms. The molecule has 29 heavy (non-hydrogen) atoms. The first-order valence-electron chi connectivity index (χ1n) is 10.3. The van der Waals surface area contributed by atoms with E-state index in [0.717, 1.165) is 49.2 Å². The van der Waals surface area contributed by atoms with E-state index >= 15 is 0 Å². The minimum atomic E-state index is -3.24. The van der Waals surface area contributed by atoms with Crippen LogP contribution in [0.1, 0.15) is 31.5 Å². The van der Waals surface area contributed by atoms with Crippen LogP contribution in [0, 0.1) is 12.8 Å². The van der Waals surface area contributed by atoms with Crippen molar-refractivity contribution in [1.29, 1.82) is 0 Å². The monoisotopic (exact) mass is 420 g/mol. The van der Waals surface area contributed by atoms with Crippen molar-refractivity contribution < 1.29 is 8.42 Å². The standard InChI is InChI=1S/C20H32N6O2S/c1-16-25-18-9-3-4-10-19(18)26(16)13-6-11-22-20(21-2)23-12-14-29(27,28)24-15-17-7-5-8-17/h3-4,9-10,17,24H,5-8,11-15H2,1-2H3,(H2,21,22,23). The number of rotatable bonds is 10. The van der Waals surface area contributed by atoms with Crippen LogP contribution in [0.2, 0.25) is 0 Å². The zero-order chi connectivity index (χ0) is 20.7. The Morgan fingerprint density at radius 1 is 1.24 bits per heavy atom. The highest BCUT2D eigenvalue weighted by molar-refractivity contribution is 7.89. The van der Waals surface area contributed by atoms with E-state index in [1.807, 2.05) is 25.1 Å². The average Bonchev–Trinajstić information content (AvgIpc) is 2.97. The summed E-state index contributed by atoms with van der Waals surface area (Å²) < 4.78 is 29.0. The van der Waals surface area contributed by atoms with Crippen molar-refractivity contribution in [1.82, 2.24) is 24.9 Å². The van der Waals surface area contributed by atoms with Gasteiger partial charge in [0.2, 0.25) is 10.0 Å². The molecule has 3 rings (SSSR count). The summed E-state index contributed by atoms with van der Waals surface area (Å²) in [7, 11) is -1.56. The molecule has 8 nitrogen and oxygen atoms in total. The molecule has 9 heteroatoms. The summed E-state index contributed by atoms with van der Waals surface area (Å²) in [6.07, 6.45) is 4.38. The number of aromatic nitrogens is 2. The van der Waals surface area contributed by atoms with Crippen LogP contribution in [-0.2, 0) is 16.6 Å². The molecule has 1 heterocycles. The SMILES string of the molecule is CN=C(NCCCn1c(C)nc2ccccc21)NCCS(=O)(=O)NCC1CCC1. The summed E-state index contributed by atoms with van der Waals surface area (Å²) in [5, 5.41) is 6.32.